The lowest BCUT2D eigenvalue weighted by Gasteiger charge is -2.30. The van der Waals surface area contributed by atoms with Crippen LogP contribution < -0.4 is 10.2 Å². The molecule has 2 rings (SSSR count). The maximum atomic E-state index is 13.4. The van der Waals surface area contributed by atoms with Gasteiger partial charge in [0, 0.05) is 12.2 Å². The van der Waals surface area contributed by atoms with E-state index in [1.54, 1.807) is 13.0 Å². The minimum Gasteiger partial charge on any atom is -0.293 e. The van der Waals surface area contributed by atoms with E-state index >= 15 is 0 Å². The molecule has 1 N–H and O–H groups in total. The number of carbonyl (C=O) groups is 2. The molecule has 17 heavy (non-hydrogen) atoms. The van der Waals surface area contributed by atoms with Crippen LogP contribution in [0.3, 0.4) is 0 Å². The van der Waals surface area contributed by atoms with E-state index in [4.69, 9.17) is 0 Å². The summed E-state index contributed by atoms with van der Waals surface area (Å²) in [6.07, 6.45) is 0. The van der Waals surface area contributed by atoms with Crippen LogP contribution in [0, 0.1) is 11.7 Å². The second-order valence-corrected chi connectivity index (χ2v) is 4.76. The van der Waals surface area contributed by atoms with Crippen LogP contribution in [0.25, 0.3) is 0 Å². The number of carbonyl (C=O) groups excluding carboxylic acids is 2. The topological polar surface area (TPSA) is 49.4 Å². The Bertz CT molecular complexity index is 492. The number of amides is 3. The van der Waals surface area contributed by atoms with Crippen molar-refractivity contribution in [1.82, 2.24) is 5.32 Å². The number of urea groups is 1. The number of hydrogen-bond acceptors (Lipinski definition) is 2. The normalized spacial score (nSPS) is 20.4. The highest BCUT2D eigenvalue weighted by Crippen LogP contribution is 2.24. The smallest absolute Gasteiger partial charge is 0.293 e. The van der Waals surface area contributed by atoms with E-state index in [0.29, 0.717) is 10.2 Å². The zero-order chi connectivity index (χ0) is 12.6. The summed E-state index contributed by atoms with van der Waals surface area (Å²) in [5.41, 5.74) is 0.433. The van der Waals surface area contributed by atoms with Crippen LogP contribution in [-0.4, -0.2) is 18.5 Å². The molecular formula is C11H10BrFN2O2. The van der Waals surface area contributed by atoms with Crippen LogP contribution >= 0.6 is 15.9 Å². The highest BCUT2D eigenvalue weighted by molar-refractivity contribution is 9.10. The second-order valence-electron chi connectivity index (χ2n) is 3.90. The molecule has 1 unspecified atom stereocenters. The van der Waals surface area contributed by atoms with Gasteiger partial charge >= 0.3 is 6.03 Å². The van der Waals surface area contributed by atoms with Crippen molar-refractivity contribution in [3.63, 3.8) is 0 Å². The van der Waals surface area contributed by atoms with Gasteiger partial charge in [0.2, 0.25) is 5.91 Å². The molecule has 6 heteroatoms. The number of benzene rings is 1. The molecule has 0 aliphatic carbocycles. The van der Waals surface area contributed by atoms with Gasteiger partial charge < -0.3 is 0 Å². The molecular weight excluding hydrogens is 291 g/mol. The molecule has 4 nitrogen and oxygen atoms in total. The summed E-state index contributed by atoms with van der Waals surface area (Å²) in [6, 6.07) is 3.88. The quantitative estimate of drug-likeness (QED) is 0.865. The Kier molecular flexibility index (Phi) is 3.15. The number of anilines is 1. The second kappa shape index (κ2) is 4.44. The van der Waals surface area contributed by atoms with E-state index in [1.165, 1.54) is 17.0 Å². The predicted octanol–water partition coefficient (Wildman–Crippen LogP) is 2.28. The average molecular weight is 301 g/mol. The van der Waals surface area contributed by atoms with E-state index in [0.717, 1.165) is 0 Å². The molecule has 1 saturated heterocycles. The first kappa shape index (κ1) is 12.0. The fourth-order valence-electron chi connectivity index (χ4n) is 1.61. The van der Waals surface area contributed by atoms with Gasteiger partial charge in [-0.25, -0.2) is 9.18 Å². The summed E-state index contributed by atoms with van der Waals surface area (Å²) in [5.74, 6) is -1.05. The lowest BCUT2D eigenvalue weighted by Crippen LogP contribution is -2.53. The zero-order valence-electron chi connectivity index (χ0n) is 9.04. The molecule has 1 atom stereocenters. The van der Waals surface area contributed by atoms with Gasteiger partial charge in [0.15, 0.2) is 0 Å². The standard InChI is InChI=1S/C11H10BrFN2O2/c1-6-5-15(11(17)14-10(6)16)7-2-3-8(12)9(13)4-7/h2-4,6H,5H2,1H3,(H,14,16,17). The molecule has 0 aromatic heterocycles. The zero-order valence-corrected chi connectivity index (χ0v) is 10.6. The lowest BCUT2D eigenvalue weighted by molar-refractivity contribution is -0.123. The van der Waals surface area contributed by atoms with Gasteiger partial charge in [0.1, 0.15) is 5.82 Å². The fraction of sp³-hybridized carbons (Fsp3) is 0.273. The Morgan fingerprint density at radius 3 is 2.82 bits per heavy atom. The van der Waals surface area contributed by atoms with Crippen molar-refractivity contribution in [2.45, 2.75) is 6.92 Å². The lowest BCUT2D eigenvalue weighted by atomic mass is 10.1. The van der Waals surface area contributed by atoms with Crippen molar-refractivity contribution in [3.8, 4) is 0 Å². The summed E-state index contributed by atoms with van der Waals surface area (Å²) >= 11 is 3.04. The molecule has 0 bridgehead atoms. The Labute approximate surface area is 106 Å². The molecule has 0 radical (unpaired) electrons. The van der Waals surface area contributed by atoms with Crippen LogP contribution in [0.2, 0.25) is 0 Å². The molecule has 1 aromatic rings. The van der Waals surface area contributed by atoms with Crippen LogP contribution in [-0.2, 0) is 4.79 Å². The molecule has 0 spiro atoms. The Balaban J connectivity index is 2.30. The number of hydrogen-bond donors (Lipinski definition) is 1. The summed E-state index contributed by atoms with van der Waals surface area (Å²) in [5, 5.41) is 2.23. The van der Waals surface area contributed by atoms with Gasteiger partial charge in [0.25, 0.3) is 0 Å². The molecule has 1 aromatic carbocycles. The first-order valence-electron chi connectivity index (χ1n) is 5.06. The molecule has 1 aliphatic heterocycles. The SMILES string of the molecule is CC1CN(c2ccc(Br)c(F)c2)C(=O)NC1=O. The van der Waals surface area contributed by atoms with Crippen molar-refractivity contribution in [2.24, 2.45) is 5.92 Å². The summed E-state index contributed by atoms with van der Waals surface area (Å²) in [4.78, 5) is 24.2. The fourth-order valence-corrected chi connectivity index (χ4v) is 1.86. The van der Waals surface area contributed by atoms with Crippen LogP contribution in [0.4, 0.5) is 14.9 Å². The third-order valence-corrected chi connectivity index (χ3v) is 3.24. The molecule has 3 amide bonds. The highest BCUT2D eigenvalue weighted by Gasteiger charge is 2.30. The molecule has 1 aliphatic rings. The number of nitrogens with zero attached hydrogens (tertiary/aromatic N) is 1. The first-order valence-corrected chi connectivity index (χ1v) is 5.85. The van der Waals surface area contributed by atoms with Crippen molar-refractivity contribution in [1.29, 1.82) is 0 Å². The maximum absolute atomic E-state index is 13.4. The Morgan fingerprint density at radius 1 is 1.47 bits per heavy atom. The first-order chi connectivity index (χ1) is 7.99. The van der Waals surface area contributed by atoms with E-state index < -0.39 is 11.8 Å². The number of rotatable bonds is 1. The van der Waals surface area contributed by atoms with E-state index in [-0.39, 0.29) is 18.4 Å². The summed E-state index contributed by atoms with van der Waals surface area (Å²) in [7, 11) is 0. The van der Waals surface area contributed by atoms with Gasteiger partial charge in [-0.1, -0.05) is 6.92 Å². The van der Waals surface area contributed by atoms with Gasteiger partial charge in [-0.15, -0.1) is 0 Å². The van der Waals surface area contributed by atoms with Crippen molar-refractivity contribution >= 4 is 33.6 Å². The minimum absolute atomic E-state index is 0.256. The molecule has 0 saturated carbocycles. The Hall–Kier alpha value is -1.43. The van der Waals surface area contributed by atoms with Gasteiger partial charge in [0.05, 0.1) is 10.4 Å². The van der Waals surface area contributed by atoms with Gasteiger partial charge in [-0.05, 0) is 34.1 Å². The Morgan fingerprint density at radius 2 is 2.18 bits per heavy atom. The average Bonchev–Trinajstić information content (AvgIpc) is 2.27. The van der Waals surface area contributed by atoms with Crippen LogP contribution in [0.15, 0.2) is 22.7 Å². The third kappa shape index (κ3) is 2.31. The maximum Gasteiger partial charge on any atom is 0.328 e. The van der Waals surface area contributed by atoms with Gasteiger partial charge in [-0.3, -0.25) is 15.0 Å². The number of halogens is 2. The largest absolute Gasteiger partial charge is 0.328 e. The van der Waals surface area contributed by atoms with Gasteiger partial charge in [-0.2, -0.15) is 0 Å². The van der Waals surface area contributed by atoms with E-state index in [1.807, 2.05) is 0 Å². The molecule has 1 fully saturated rings. The summed E-state index contributed by atoms with van der Waals surface area (Å²) in [6.45, 7) is 1.97. The van der Waals surface area contributed by atoms with Crippen LogP contribution in [0.1, 0.15) is 6.92 Å². The summed E-state index contributed by atoms with van der Waals surface area (Å²) < 4.78 is 13.7. The monoisotopic (exact) mass is 300 g/mol. The highest BCUT2D eigenvalue weighted by atomic mass is 79.9. The number of imide groups is 1. The van der Waals surface area contributed by atoms with Crippen molar-refractivity contribution in [3.05, 3.63) is 28.5 Å². The third-order valence-electron chi connectivity index (χ3n) is 2.59. The molecule has 1 heterocycles. The van der Waals surface area contributed by atoms with Crippen molar-refractivity contribution < 1.29 is 14.0 Å². The van der Waals surface area contributed by atoms with E-state index in [2.05, 4.69) is 21.2 Å². The van der Waals surface area contributed by atoms with E-state index in [9.17, 15) is 14.0 Å². The number of nitrogens with one attached hydrogen (secondary N) is 1. The van der Waals surface area contributed by atoms with Crippen LogP contribution in [0.5, 0.6) is 0 Å². The van der Waals surface area contributed by atoms with Crippen molar-refractivity contribution in [2.75, 3.05) is 11.4 Å². The predicted molar refractivity (Wildman–Crippen MR) is 64.1 cm³/mol. The molecule has 90 valence electrons. The minimum atomic E-state index is -0.519.